The topological polar surface area (TPSA) is 12.5 Å². The Kier molecular flexibility index (Phi) is 5.48. The second-order valence-corrected chi connectivity index (χ2v) is 6.94. The van der Waals surface area contributed by atoms with Gasteiger partial charge in [0.1, 0.15) is 5.82 Å². The Balaban J connectivity index is 1.58. The van der Waals surface area contributed by atoms with Crippen LogP contribution in [0.2, 0.25) is 0 Å². The van der Waals surface area contributed by atoms with Crippen molar-refractivity contribution < 1.29 is 9.13 Å². The molecule has 3 heteroatoms. The van der Waals surface area contributed by atoms with Gasteiger partial charge in [-0.2, -0.15) is 0 Å². The van der Waals surface area contributed by atoms with E-state index in [1.807, 2.05) is 19.2 Å². The molecule has 2 fully saturated rings. The number of hydrogen-bond acceptors (Lipinski definition) is 2. The number of benzene rings is 1. The third kappa shape index (κ3) is 3.88. The van der Waals surface area contributed by atoms with Crippen molar-refractivity contribution in [2.24, 2.45) is 5.92 Å². The zero-order chi connectivity index (χ0) is 15.4. The van der Waals surface area contributed by atoms with Gasteiger partial charge in [-0.25, -0.2) is 4.39 Å². The maximum absolute atomic E-state index is 13.0. The molecule has 0 bridgehead atoms. The minimum Gasteiger partial charge on any atom is -0.380 e. The predicted octanol–water partition coefficient (Wildman–Crippen LogP) is 4.04. The largest absolute Gasteiger partial charge is 0.380 e. The van der Waals surface area contributed by atoms with Crippen LogP contribution in [0.25, 0.3) is 0 Å². The smallest absolute Gasteiger partial charge is 0.123 e. The Morgan fingerprint density at radius 1 is 1.09 bits per heavy atom. The van der Waals surface area contributed by atoms with Crippen LogP contribution in [0, 0.1) is 11.7 Å². The van der Waals surface area contributed by atoms with Crippen LogP contribution in [0.4, 0.5) is 4.39 Å². The number of methoxy groups -OCH3 is 1. The number of rotatable bonds is 4. The van der Waals surface area contributed by atoms with E-state index in [1.165, 1.54) is 50.6 Å². The van der Waals surface area contributed by atoms with Crippen molar-refractivity contribution in [3.8, 4) is 0 Å². The van der Waals surface area contributed by atoms with Gasteiger partial charge in [0.15, 0.2) is 0 Å². The van der Waals surface area contributed by atoms with Gasteiger partial charge in [0, 0.05) is 19.7 Å². The van der Waals surface area contributed by atoms with Gasteiger partial charge in [0.2, 0.25) is 0 Å². The summed E-state index contributed by atoms with van der Waals surface area (Å²) in [6.45, 7) is 2.25. The minimum atomic E-state index is -0.154. The van der Waals surface area contributed by atoms with Crippen LogP contribution in [-0.4, -0.2) is 37.2 Å². The second kappa shape index (κ2) is 7.56. The van der Waals surface area contributed by atoms with E-state index in [-0.39, 0.29) is 5.82 Å². The van der Waals surface area contributed by atoms with E-state index in [1.54, 1.807) is 12.1 Å². The van der Waals surface area contributed by atoms with Gasteiger partial charge >= 0.3 is 0 Å². The average Bonchev–Trinajstić information content (AvgIpc) is 2.58. The first kappa shape index (κ1) is 15.9. The zero-order valence-electron chi connectivity index (χ0n) is 13.6. The van der Waals surface area contributed by atoms with E-state index in [0.29, 0.717) is 12.0 Å². The average molecular weight is 305 g/mol. The lowest BCUT2D eigenvalue weighted by atomic mass is 9.85. The molecule has 1 saturated heterocycles. The molecule has 1 aliphatic carbocycles. The monoisotopic (exact) mass is 305 g/mol. The van der Waals surface area contributed by atoms with Crippen molar-refractivity contribution in [1.29, 1.82) is 0 Å². The Morgan fingerprint density at radius 3 is 2.50 bits per heavy atom. The molecule has 2 atom stereocenters. The van der Waals surface area contributed by atoms with Crippen LogP contribution in [-0.2, 0) is 11.2 Å². The van der Waals surface area contributed by atoms with Crippen molar-refractivity contribution in [3.05, 3.63) is 35.6 Å². The highest BCUT2D eigenvalue weighted by Crippen LogP contribution is 2.30. The summed E-state index contributed by atoms with van der Waals surface area (Å²) in [7, 11) is 1.84. The molecule has 0 spiro atoms. The van der Waals surface area contributed by atoms with Gasteiger partial charge in [0.25, 0.3) is 0 Å². The summed E-state index contributed by atoms with van der Waals surface area (Å²) in [4.78, 5) is 2.66. The highest BCUT2D eigenvalue weighted by atomic mass is 19.1. The summed E-state index contributed by atoms with van der Waals surface area (Å²) in [5.41, 5.74) is 1.22. The van der Waals surface area contributed by atoms with Crippen LogP contribution in [0.3, 0.4) is 0 Å². The van der Waals surface area contributed by atoms with Gasteiger partial charge in [-0.3, -0.25) is 4.90 Å². The predicted molar refractivity (Wildman–Crippen MR) is 87.5 cm³/mol. The fourth-order valence-electron chi connectivity index (χ4n) is 4.19. The first-order valence-electron chi connectivity index (χ1n) is 8.77. The maximum Gasteiger partial charge on any atom is 0.123 e. The normalized spacial score (nSPS) is 27.9. The van der Waals surface area contributed by atoms with E-state index in [4.69, 9.17) is 4.74 Å². The summed E-state index contributed by atoms with van der Waals surface area (Å²) in [6.07, 6.45) is 9.39. The highest BCUT2D eigenvalue weighted by molar-refractivity contribution is 5.17. The molecule has 2 aliphatic rings. The molecule has 22 heavy (non-hydrogen) atoms. The Labute approximate surface area is 133 Å². The molecule has 122 valence electrons. The molecular weight excluding hydrogens is 277 g/mol. The van der Waals surface area contributed by atoms with Gasteiger partial charge in [-0.1, -0.05) is 31.4 Å². The van der Waals surface area contributed by atoms with Crippen LogP contribution in [0.1, 0.15) is 44.1 Å². The van der Waals surface area contributed by atoms with Gasteiger partial charge in [-0.05, 0) is 55.8 Å². The van der Waals surface area contributed by atoms with Crippen molar-refractivity contribution in [2.45, 2.75) is 57.1 Å². The fraction of sp³-hybridized carbons (Fsp3) is 0.684. The molecule has 0 N–H and O–H groups in total. The van der Waals surface area contributed by atoms with Crippen LogP contribution in [0.15, 0.2) is 24.3 Å². The summed E-state index contributed by atoms with van der Waals surface area (Å²) < 4.78 is 18.8. The van der Waals surface area contributed by atoms with Gasteiger partial charge in [-0.15, -0.1) is 0 Å². The Morgan fingerprint density at radius 2 is 1.82 bits per heavy atom. The molecule has 0 amide bonds. The Bertz CT molecular complexity index is 455. The lowest BCUT2D eigenvalue weighted by Gasteiger charge is -2.43. The third-order valence-corrected chi connectivity index (χ3v) is 5.53. The molecule has 1 saturated carbocycles. The van der Waals surface area contributed by atoms with E-state index in [2.05, 4.69) is 4.90 Å². The Hall–Kier alpha value is -0.930. The number of ether oxygens (including phenoxy) is 1. The molecule has 0 radical (unpaired) electrons. The summed E-state index contributed by atoms with van der Waals surface area (Å²) in [5.74, 6) is 0.398. The SMILES string of the molecule is CO[C@H]1CN(C2CCCCC2)CC[C@@H]1Cc1ccc(F)cc1. The maximum atomic E-state index is 13.0. The minimum absolute atomic E-state index is 0.154. The summed E-state index contributed by atoms with van der Waals surface area (Å²) in [5, 5.41) is 0. The van der Waals surface area contributed by atoms with Crippen LogP contribution >= 0.6 is 0 Å². The zero-order valence-corrected chi connectivity index (χ0v) is 13.6. The fourth-order valence-corrected chi connectivity index (χ4v) is 4.19. The standard InChI is InChI=1S/C19H28FNO/c1-22-19-14-21(18-5-3-2-4-6-18)12-11-16(19)13-15-7-9-17(20)10-8-15/h7-10,16,18-19H,2-6,11-14H2,1H3/t16-,19+/m1/s1. The van der Waals surface area contributed by atoms with Gasteiger partial charge < -0.3 is 4.74 Å². The molecule has 3 rings (SSSR count). The van der Waals surface area contributed by atoms with Gasteiger partial charge in [0.05, 0.1) is 6.10 Å². The van der Waals surface area contributed by atoms with Crippen molar-refractivity contribution in [2.75, 3.05) is 20.2 Å². The molecule has 2 nitrogen and oxygen atoms in total. The molecule has 1 aromatic carbocycles. The highest BCUT2D eigenvalue weighted by Gasteiger charge is 2.32. The number of piperidine rings is 1. The first-order valence-corrected chi connectivity index (χ1v) is 8.77. The number of hydrogen-bond donors (Lipinski definition) is 0. The van der Waals surface area contributed by atoms with E-state index in [0.717, 1.165) is 19.0 Å². The number of likely N-dealkylation sites (tertiary alicyclic amines) is 1. The lowest BCUT2D eigenvalue weighted by Crippen LogP contribution is -2.50. The van der Waals surface area contributed by atoms with Crippen molar-refractivity contribution >= 4 is 0 Å². The summed E-state index contributed by atoms with van der Waals surface area (Å²) in [6, 6.07) is 7.73. The quantitative estimate of drug-likeness (QED) is 0.832. The lowest BCUT2D eigenvalue weighted by molar-refractivity contribution is -0.0294. The summed E-state index contributed by atoms with van der Waals surface area (Å²) >= 11 is 0. The van der Waals surface area contributed by atoms with E-state index in [9.17, 15) is 4.39 Å². The molecule has 0 aromatic heterocycles. The van der Waals surface area contributed by atoms with Crippen molar-refractivity contribution in [1.82, 2.24) is 4.90 Å². The number of halogens is 1. The van der Waals surface area contributed by atoms with E-state index >= 15 is 0 Å². The van der Waals surface area contributed by atoms with E-state index < -0.39 is 0 Å². The first-order chi connectivity index (χ1) is 10.8. The molecule has 1 aliphatic heterocycles. The molecule has 0 unspecified atom stereocenters. The molecule has 1 aromatic rings. The van der Waals surface area contributed by atoms with Crippen LogP contribution in [0.5, 0.6) is 0 Å². The van der Waals surface area contributed by atoms with Crippen molar-refractivity contribution in [3.63, 3.8) is 0 Å². The third-order valence-electron chi connectivity index (χ3n) is 5.53. The molecule has 1 heterocycles. The van der Waals surface area contributed by atoms with Crippen LogP contribution < -0.4 is 0 Å². The number of nitrogens with zero attached hydrogens (tertiary/aromatic N) is 1. The second-order valence-electron chi connectivity index (χ2n) is 6.94. The molecular formula is C19H28FNO.